The van der Waals surface area contributed by atoms with Crippen molar-refractivity contribution in [2.45, 2.75) is 31.2 Å². The fraction of sp³-hybridized carbons (Fsp3) is 0.360. The summed E-state index contributed by atoms with van der Waals surface area (Å²) in [5, 5.41) is 17.8. The molecule has 0 radical (unpaired) electrons. The molecule has 0 heterocycles. The molecule has 1 unspecified atom stereocenters. The Labute approximate surface area is 216 Å². The molecule has 0 fully saturated rings. The highest BCUT2D eigenvalue weighted by Crippen LogP contribution is 2.19. The Morgan fingerprint density at radius 2 is 1.54 bits per heavy atom. The topological polar surface area (TPSA) is 125 Å². The summed E-state index contributed by atoms with van der Waals surface area (Å²) in [7, 11) is 0. The second-order valence-electron chi connectivity index (χ2n) is 7.96. The fourth-order valence-corrected chi connectivity index (χ4v) is 3.98. The summed E-state index contributed by atoms with van der Waals surface area (Å²) in [5.41, 5.74) is 0.933. The molecule has 2 aromatic carbocycles. The third-order valence-corrected chi connectivity index (χ3v) is 6.13. The maximum atomic E-state index is 12.7. The number of amides is 3. The number of carbonyl (C=O) groups is 4. The average Bonchev–Trinajstić information content (AvgIpc) is 2.89. The summed E-state index contributed by atoms with van der Waals surface area (Å²) < 4.78 is 37.0. The Bertz CT molecular complexity index is 1040. The van der Waals surface area contributed by atoms with Crippen molar-refractivity contribution in [1.29, 1.82) is 0 Å². The van der Waals surface area contributed by atoms with E-state index in [2.05, 4.69) is 16.0 Å². The number of ketones is 1. The molecular weight excluding hydrogens is 511 g/mol. The first kappa shape index (κ1) is 29.8. The number of alkyl halides is 3. The number of nitrogens with one attached hydrogen (secondary N) is 3. The number of aliphatic hydroxyl groups excluding tert-OH is 1. The number of rotatable bonds is 14. The van der Waals surface area contributed by atoms with E-state index in [4.69, 9.17) is 0 Å². The van der Waals surface area contributed by atoms with E-state index in [0.717, 1.165) is 11.8 Å². The molecule has 37 heavy (non-hydrogen) atoms. The summed E-state index contributed by atoms with van der Waals surface area (Å²) in [6.07, 6.45) is -5.59. The number of thioether (sulfide) groups is 1. The van der Waals surface area contributed by atoms with Gasteiger partial charge in [0.15, 0.2) is 0 Å². The van der Waals surface area contributed by atoms with Crippen LogP contribution in [-0.2, 0) is 14.4 Å². The minimum atomic E-state index is -4.90. The molecule has 4 N–H and O–H groups in total. The van der Waals surface area contributed by atoms with Gasteiger partial charge in [0, 0.05) is 12.1 Å². The predicted molar refractivity (Wildman–Crippen MR) is 133 cm³/mol. The molecule has 2 atom stereocenters. The van der Waals surface area contributed by atoms with Gasteiger partial charge in [0.25, 0.3) is 5.91 Å². The second-order valence-corrected chi connectivity index (χ2v) is 9.06. The second kappa shape index (κ2) is 15.0. The molecule has 0 aliphatic heterocycles. The smallest absolute Gasteiger partial charge is 0.387 e. The molecule has 2 rings (SSSR count). The van der Waals surface area contributed by atoms with Gasteiger partial charge in [-0.25, -0.2) is 0 Å². The van der Waals surface area contributed by atoms with Crippen molar-refractivity contribution in [3.63, 3.8) is 0 Å². The lowest BCUT2D eigenvalue weighted by Crippen LogP contribution is -2.50. The van der Waals surface area contributed by atoms with Crippen LogP contribution >= 0.6 is 11.8 Å². The predicted octanol–water partition coefficient (Wildman–Crippen LogP) is 2.40. The molecule has 0 aliphatic carbocycles. The van der Waals surface area contributed by atoms with Crippen molar-refractivity contribution in [2.24, 2.45) is 0 Å². The molecular formula is C25H28F3N3O5S. The Morgan fingerprint density at radius 1 is 0.919 bits per heavy atom. The summed E-state index contributed by atoms with van der Waals surface area (Å²) in [6.45, 7) is -0.534. The van der Waals surface area contributed by atoms with Crippen molar-refractivity contribution in [2.75, 3.05) is 24.6 Å². The Hall–Kier alpha value is -3.38. The Balaban J connectivity index is 1.89. The third-order valence-electron chi connectivity index (χ3n) is 5.08. The van der Waals surface area contributed by atoms with Crippen LogP contribution in [0.25, 0.3) is 0 Å². The average molecular weight is 540 g/mol. The van der Waals surface area contributed by atoms with Gasteiger partial charge in [-0.2, -0.15) is 24.9 Å². The molecule has 0 saturated carbocycles. The maximum absolute atomic E-state index is 12.7. The number of halogens is 3. The molecule has 0 spiro atoms. The first-order chi connectivity index (χ1) is 17.6. The van der Waals surface area contributed by atoms with Crippen LogP contribution in [0.5, 0.6) is 0 Å². The van der Waals surface area contributed by atoms with E-state index in [1.165, 1.54) is 0 Å². The summed E-state index contributed by atoms with van der Waals surface area (Å²) in [6, 6.07) is 15.8. The van der Waals surface area contributed by atoms with E-state index in [1.54, 1.807) is 60.7 Å². The minimum absolute atomic E-state index is 0.0683. The third kappa shape index (κ3) is 11.0. The van der Waals surface area contributed by atoms with Crippen molar-refractivity contribution < 1.29 is 37.5 Å². The van der Waals surface area contributed by atoms with Crippen LogP contribution in [0.15, 0.2) is 60.7 Å². The maximum Gasteiger partial charge on any atom is 0.450 e. The van der Waals surface area contributed by atoms with Crippen LogP contribution in [0.4, 0.5) is 13.2 Å². The van der Waals surface area contributed by atoms with E-state index >= 15 is 0 Å². The minimum Gasteiger partial charge on any atom is -0.387 e. The van der Waals surface area contributed by atoms with Gasteiger partial charge in [0.05, 0.1) is 18.4 Å². The van der Waals surface area contributed by atoms with E-state index in [9.17, 15) is 37.5 Å². The SMILES string of the molecule is O=C(CNC(=O)c1ccccc1)N[C@@H](CCCSCC(=O)C(F)(F)F)C(=O)NCC(O)c1ccccc1. The lowest BCUT2D eigenvalue weighted by Gasteiger charge is -2.20. The van der Waals surface area contributed by atoms with Crippen LogP contribution < -0.4 is 16.0 Å². The van der Waals surface area contributed by atoms with E-state index < -0.39 is 54.1 Å². The van der Waals surface area contributed by atoms with Gasteiger partial charge in [0.2, 0.25) is 17.6 Å². The van der Waals surface area contributed by atoms with Crippen molar-refractivity contribution in [3.05, 3.63) is 71.8 Å². The number of hydrogen-bond donors (Lipinski definition) is 4. The number of carbonyl (C=O) groups excluding carboxylic acids is 4. The van der Waals surface area contributed by atoms with Crippen LogP contribution in [0, 0.1) is 0 Å². The van der Waals surface area contributed by atoms with E-state index in [-0.39, 0.29) is 25.1 Å². The van der Waals surface area contributed by atoms with Gasteiger partial charge in [0.1, 0.15) is 6.04 Å². The van der Waals surface area contributed by atoms with Crippen molar-refractivity contribution in [1.82, 2.24) is 16.0 Å². The van der Waals surface area contributed by atoms with Gasteiger partial charge in [-0.05, 0) is 36.3 Å². The lowest BCUT2D eigenvalue weighted by atomic mass is 10.1. The molecule has 0 saturated heterocycles. The summed E-state index contributed by atoms with van der Waals surface area (Å²) in [4.78, 5) is 48.3. The van der Waals surface area contributed by atoms with E-state index in [0.29, 0.717) is 11.1 Å². The molecule has 12 heteroatoms. The highest BCUT2D eigenvalue weighted by Gasteiger charge is 2.37. The van der Waals surface area contributed by atoms with Crippen molar-refractivity contribution >= 4 is 35.3 Å². The number of Topliss-reactive ketones (excluding diaryl/α,β-unsaturated/α-hetero) is 1. The van der Waals surface area contributed by atoms with Gasteiger partial charge < -0.3 is 21.1 Å². The molecule has 3 amide bonds. The fourth-order valence-electron chi connectivity index (χ4n) is 3.12. The quantitative estimate of drug-likeness (QED) is 0.273. The molecule has 2 aromatic rings. The van der Waals surface area contributed by atoms with Gasteiger partial charge in [-0.3, -0.25) is 19.2 Å². The molecule has 0 bridgehead atoms. The van der Waals surface area contributed by atoms with Crippen LogP contribution in [0.3, 0.4) is 0 Å². The number of hydrogen-bond acceptors (Lipinski definition) is 6. The highest BCUT2D eigenvalue weighted by atomic mass is 32.2. The van der Waals surface area contributed by atoms with Crippen molar-refractivity contribution in [3.8, 4) is 0 Å². The van der Waals surface area contributed by atoms with Crippen LogP contribution in [0.2, 0.25) is 0 Å². The first-order valence-corrected chi connectivity index (χ1v) is 12.5. The Morgan fingerprint density at radius 3 is 2.16 bits per heavy atom. The highest BCUT2D eigenvalue weighted by molar-refractivity contribution is 7.99. The molecule has 200 valence electrons. The number of benzene rings is 2. The van der Waals surface area contributed by atoms with Gasteiger partial charge in [-0.15, -0.1) is 0 Å². The molecule has 0 aliphatic rings. The van der Waals surface area contributed by atoms with Gasteiger partial charge in [-0.1, -0.05) is 48.5 Å². The largest absolute Gasteiger partial charge is 0.450 e. The summed E-state index contributed by atoms with van der Waals surface area (Å²) >= 11 is 0.777. The molecule has 8 nitrogen and oxygen atoms in total. The van der Waals surface area contributed by atoms with Gasteiger partial charge >= 0.3 is 6.18 Å². The first-order valence-electron chi connectivity index (χ1n) is 11.4. The Kier molecular flexibility index (Phi) is 12.1. The van der Waals surface area contributed by atoms with Crippen LogP contribution in [-0.4, -0.2) is 65.4 Å². The zero-order valence-electron chi connectivity index (χ0n) is 19.8. The zero-order valence-corrected chi connectivity index (χ0v) is 20.6. The standard InChI is InChI=1S/C25H28F3N3O5S/c26-25(27,28)21(33)16-37-13-7-12-19(24(36)29-14-20(32)17-8-3-1-4-9-17)31-22(34)15-30-23(35)18-10-5-2-6-11-18/h1-6,8-11,19-20,32H,7,12-16H2,(H,29,36)(H,30,35)(H,31,34)/t19-,20?/m0/s1. The lowest BCUT2D eigenvalue weighted by molar-refractivity contribution is -0.167. The zero-order chi connectivity index (χ0) is 27.3. The van der Waals surface area contributed by atoms with E-state index in [1.807, 2.05) is 0 Å². The monoisotopic (exact) mass is 539 g/mol. The normalized spacial score (nSPS) is 12.8. The number of aliphatic hydroxyl groups is 1. The summed E-state index contributed by atoms with van der Waals surface area (Å²) in [5.74, 6) is -4.15. The van der Waals surface area contributed by atoms with Crippen LogP contribution in [0.1, 0.15) is 34.9 Å². The molecule has 0 aromatic heterocycles.